The van der Waals surface area contributed by atoms with Crippen LogP contribution in [-0.2, 0) is 29.6 Å². The Kier molecular flexibility index (Phi) is 7.07. The standard InChI is InChI=1S/C30H26N2O6S2/c1-21-13-17-25(18-14-21)39(35,36)31-27(23-9-5-3-6-10-23)30(34)32(28(29(31)33)24-11-7-4-8-12-24)40(37,38)26-19-15-22(2)16-20-26/h3-20,27-28H,1-2H3. The number of piperazine rings is 1. The molecule has 0 bridgehead atoms. The molecule has 1 fully saturated rings. The molecule has 0 spiro atoms. The van der Waals surface area contributed by atoms with Crippen LogP contribution in [0, 0.1) is 13.8 Å². The number of sulfonamides is 2. The SMILES string of the molecule is Cc1ccc(S(=O)(=O)N2C(=O)C(c3ccccc3)N(S(=O)(=O)c3ccc(C)cc3)C(=O)C2c2ccccc2)cc1. The van der Waals surface area contributed by atoms with E-state index >= 15 is 0 Å². The molecule has 1 aliphatic heterocycles. The topological polar surface area (TPSA) is 109 Å². The Balaban J connectivity index is 1.78. The number of hydrogen-bond acceptors (Lipinski definition) is 6. The van der Waals surface area contributed by atoms with E-state index in [1.165, 1.54) is 48.5 Å². The highest BCUT2D eigenvalue weighted by atomic mass is 32.2. The molecule has 2 amide bonds. The molecule has 2 unspecified atom stereocenters. The van der Waals surface area contributed by atoms with E-state index in [0.717, 1.165) is 11.1 Å². The molecule has 1 saturated heterocycles. The first-order valence-electron chi connectivity index (χ1n) is 12.4. The Morgan fingerprint density at radius 1 is 0.475 bits per heavy atom. The summed E-state index contributed by atoms with van der Waals surface area (Å²) in [5.41, 5.74) is 1.92. The van der Waals surface area contributed by atoms with Gasteiger partial charge in [0.25, 0.3) is 31.9 Å². The number of aryl methyl sites for hydroxylation is 2. The number of nitrogens with zero attached hydrogens (tertiary/aromatic N) is 2. The monoisotopic (exact) mass is 574 g/mol. The lowest BCUT2D eigenvalue weighted by atomic mass is 9.98. The first-order valence-corrected chi connectivity index (χ1v) is 15.3. The predicted octanol–water partition coefficient (Wildman–Crippen LogP) is 4.53. The molecule has 0 saturated carbocycles. The van der Waals surface area contributed by atoms with Crippen molar-refractivity contribution in [2.24, 2.45) is 0 Å². The molecule has 0 radical (unpaired) electrons. The number of carbonyl (C=O) groups excluding carboxylic acids is 2. The highest BCUT2D eigenvalue weighted by Crippen LogP contribution is 2.42. The average Bonchev–Trinajstić information content (AvgIpc) is 2.94. The van der Waals surface area contributed by atoms with E-state index < -0.39 is 43.9 Å². The molecule has 8 nitrogen and oxygen atoms in total. The third kappa shape index (κ3) is 4.69. The first-order chi connectivity index (χ1) is 19.0. The highest BCUT2D eigenvalue weighted by molar-refractivity contribution is 7.90. The minimum Gasteiger partial charge on any atom is -0.271 e. The van der Waals surface area contributed by atoms with E-state index in [9.17, 15) is 26.4 Å². The summed E-state index contributed by atoms with van der Waals surface area (Å²) in [7, 11) is -9.19. The molecule has 4 aromatic rings. The van der Waals surface area contributed by atoms with Gasteiger partial charge in [0.2, 0.25) is 0 Å². The summed E-state index contributed by atoms with van der Waals surface area (Å²) in [6.45, 7) is 3.58. The molecule has 0 aliphatic carbocycles. The summed E-state index contributed by atoms with van der Waals surface area (Å²) in [6.07, 6.45) is 0. The van der Waals surface area contributed by atoms with Crippen molar-refractivity contribution in [1.82, 2.24) is 8.61 Å². The van der Waals surface area contributed by atoms with Gasteiger partial charge >= 0.3 is 0 Å². The summed E-state index contributed by atoms with van der Waals surface area (Å²) in [4.78, 5) is 28.4. The van der Waals surface area contributed by atoms with Gasteiger partial charge in [-0.25, -0.2) is 25.4 Å². The van der Waals surface area contributed by atoms with Gasteiger partial charge in [0.1, 0.15) is 0 Å². The molecule has 10 heteroatoms. The molecule has 0 aromatic heterocycles. The number of rotatable bonds is 6. The molecular weight excluding hydrogens is 548 g/mol. The fourth-order valence-corrected chi connectivity index (χ4v) is 7.75. The van der Waals surface area contributed by atoms with Crippen LogP contribution in [0.2, 0.25) is 0 Å². The van der Waals surface area contributed by atoms with Gasteiger partial charge in [-0.05, 0) is 49.2 Å². The Morgan fingerprint density at radius 3 is 1.07 bits per heavy atom. The summed E-state index contributed by atoms with van der Waals surface area (Å²) in [5, 5.41) is 0. The van der Waals surface area contributed by atoms with Crippen LogP contribution in [-0.4, -0.2) is 37.3 Å². The van der Waals surface area contributed by atoms with Crippen molar-refractivity contribution in [2.75, 3.05) is 0 Å². The van der Waals surface area contributed by atoms with E-state index in [0.29, 0.717) is 8.61 Å². The summed E-state index contributed by atoms with van der Waals surface area (Å²) in [5.74, 6) is -2.12. The molecule has 0 N–H and O–H groups in total. The molecule has 5 rings (SSSR count). The first kappa shape index (κ1) is 27.3. The highest BCUT2D eigenvalue weighted by Gasteiger charge is 2.56. The third-order valence-electron chi connectivity index (χ3n) is 6.76. The van der Waals surface area contributed by atoms with Crippen LogP contribution >= 0.6 is 0 Å². The molecule has 1 heterocycles. The van der Waals surface area contributed by atoms with E-state index in [1.807, 2.05) is 0 Å². The number of amides is 2. The van der Waals surface area contributed by atoms with Crippen LogP contribution in [0.15, 0.2) is 119 Å². The fraction of sp³-hybridized carbons (Fsp3) is 0.133. The predicted molar refractivity (Wildman–Crippen MR) is 149 cm³/mol. The van der Waals surface area contributed by atoms with Gasteiger partial charge in [-0.2, -0.15) is 0 Å². The van der Waals surface area contributed by atoms with Crippen LogP contribution in [0.1, 0.15) is 34.3 Å². The van der Waals surface area contributed by atoms with Gasteiger partial charge in [-0.3, -0.25) is 9.59 Å². The van der Waals surface area contributed by atoms with Crippen molar-refractivity contribution in [3.05, 3.63) is 131 Å². The van der Waals surface area contributed by atoms with Gasteiger partial charge < -0.3 is 0 Å². The zero-order valence-corrected chi connectivity index (χ0v) is 23.3. The third-order valence-corrected chi connectivity index (χ3v) is 10.3. The van der Waals surface area contributed by atoms with Crippen molar-refractivity contribution in [3.8, 4) is 0 Å². The van der Waals surface area contributed by atoms with Crippen LogP contribution in [0.25, 0.3) is 0 Å². The molecular formula is C30H26N2O6S2. The van der Waals surface area contributed by atoms with Crippen LogP contribution in [0.5, 0.6) is 0 Å². The molecule has 1 aliphatic rings. The van der Waals surface area contributed by atoms with Crippen LogP contribution in [0.4, 0.5) is 0 Å². The van der Waals surface area contributed by atoms with E-state index in [-0.39, 0.29) is 20.9 Å². The van der Waals surface area contributed by atoms with Gasteiger partial charge in [0.15, 0.2) is 12.1 Å². The quantitative estimate of drug-likeness (QED) is 0.335. The Morgan fingerprint density at radius 2 is 0.775 bits per heavy atom. The maximum absolute atomic E-state index is 14.4. The number of hydrogen-bond donors (Lipinski definition) is 0. The van der Waals surface area contributed by atoms with Gasteiger partial charge in [-0.1, -0.05) is 96.1 Å². The summed E-state index contributed by atoms with van der Waals surface area (Å²) >= 11 is 0. The summed E-state index contributed by atoms with van der Waals surface area (Å²) < 4.78 is 57.3. The second kappa shape index (κ2) is 10.4. The minimum atomic E-state index is -4.60. The van der Waals surface area contributed by atoms with Crippen molar-refractivity contribution < 1.29 is 26.4 Å². The van der Waals surface area contributed by atoms with Gasteiger partial charge in [0.05, 0.1) is 9.79 Å². The van der Waals surface area contributed by atoms with Crippen molar-refractivity contribution in [3.63, 3.8) is 0 Å². The van der Waals surface area contributed by atoms with E-state index in [4.69, 9.17) is 0 Å². The van der Waals surface area contributed by atoms with Gasteiger partial charge in [0, 0.05) is 0 Å². The Hall–Kier alpha value is -4.28. The van der Waals surface area contributed by atoms with E-state index in [1.54, 1.807) is 74.5 Å². The second-order valence-corrected chi connectivity index (χ2v) is 13.2. The molecule has 4 aromatic carbocycles. The van der Waals surface area contributed by atoms with Crippen molar-refractivity contribution >= 4 is 31.9 Å². The van der Waals surface area contributed by atoms with E-state index in [2.05, 4.69) is 0 Å². The zero-order valence-electron chi connectivity index (χ0n) is 21.7. The lowest BCUT2D eigenvalue weighted by Gasteiger charge is -2.43. The lowest BCUT2D eigenvalue weighted by molar-refractivity contribution is -0.150. The fourth-order valence-electron chi connectivity index (χ4n) is 4.68. The Labute approximate surface area is 233 Å². The van der Waals surface area contributed by atoms with Crippen LogP contribution in [0.3, 0.4) is 0 Å². The smallest absolute Gasteiger partial charge is 0.267 e. The van der Waals surface area contributed by atoms with Crippen LogP contribution < -0.4 is 0 Å². The normalized spacial score (nSPS) is 18.1. The minimum absolute atomic E-state index is 0.159. The largest absolute Gasteiger partial charge is 0.271 e. The summed E-state index contributed by atoms with van der Waals surface area (Å²) in [6, 6.07) is 24.0. The lowest BCUT2D eigenvalue weighted by Crippen LogP contribution is -2.59. The molecule has 40 heavy (non-hydrogen) atoms. The maximum atomic E-state index is 14.4. The molecule has 2 atom stereocenters. The van der Waals surface area contributed by atoms with Crippen molar-refractivity contribution in [1.29, 1.82) is 0 Å². The molecule has 204 valence electrons. The van der Waals surface area contributed by atoms with Gasteiger partial charge in [-0.15, -0.1) is 0 Å². The number of benzene rings is 4. The van der Waals surface area contributed by atoms with Crippen molar-refractivity contribution in [2.45, 2.75) is 35.7 Å². The number of carbonyl (C=O) groups is 2. The average molecular weight is 575 g/mol. The Bertz CT molecular complexity index is 1640. The second-order valence-electron chi connectivity index (χ2n) is 9.53. The zero-order chi connectivity index (χ0) is 28.7. The maximum Gasteiger partial charge on any atom is 0.267 e.